The van der Waals surface area contributed by atoms with E-state index in [0.717, 1.165) is 50.8 Å². The summed E-state index contributed by atoms with van der Waals surface area (Å²) in [5.41, 5.74) is 2.25. The molecule has 0 atom stereocenters. The van der Waals surface area contributed by atoms with Gasteiger partial charge in [0.05, 0.1) is 24.6 Å². The first-order chi connectivity index (χ1) is 7.88. The summed E-state index contributed by atoms with van der Waals surface area (Å²) in [6.45, 7) is 5.47. The maximum Gasteiger partial charge on any atom is 0.0594 e. The molecular formula is C12H19N3O. The van der Waals surface area contributed by atoms with E-state index >= 15 is 0 Å². The Morgan fingerprint density at radius 2 is 2.06 bits per heavy atom. The van der Waals surface area contributed by atoms with Gasteiger partial charge in [0, 0.05) is 26.2 Å². The normalized spacial score (nSPS) is 17.6. The van der Waals surface area contributed by atoms with Crippen LogP contribution in [0.3, 0.4) is 0 Å². The average molecular weight is 221 g/mol. The molecule has 4 heteroatoms. The van der Waals surface area contributed by atoms with Crippen LogP contribution in [0.15, 0.2) is 18.2 Å². The van der Waals surface area contributed by atoms with Gasteiger partial charge in [-0.3, -0.25) is 9.88 Å². The fraction of sp³-hybridized carbons (Fsp3) is 0.583. The first kappa shape index (κ1) is 11.5. The molecule has 2 heterocycles. The first-order valence-corrected chi connectivity index (χ1v) is 5.78. The van der Waals surface area contributed by atoms with Crippen molar-refractivity contribution in [3.05, 3.63) is 29.6 Å². The van der Waals surface area contributed by atoms with Gasteiger partial charge in [-0.1, -0.05) is 6.07 Å². The first-order valence-electron chi connectivity index (χ1n) is 5.78. The topological polar surface area (TPSA) is 37.4 Å². The minimum absolute atomic E-state index is 0.830. The van der Waals surface area contributed by atoms with Crippen LogP contribution in [0.1, 0.15) is 11.4 Å². The molecule has 0 bridgehead atoms. The summed E-state index contributed by atoms with van der Waals surface area (Å²) in [7, 11) is 1.94. The molecular weight excluding hydrogens is 202 g/mol. The van der Waals surface area contributed by atoms with Gasteiger partial charge in [-0.25, -0.2) is 0 Å². The lowest BCUT2D eigenvalue weighted by atomic mass is 10.2. The third kappa shape index (κ3) is 3.27. The zero-order chi connectivity index (χ0) is 11.2. The minimum atomic E-state index is 0.830. The van der Waals surface area contributed by atoms with Crippen molar-refractivity contribution in [1.29, 1.82) is 0 Å². The van der Waals surface area contributed by atoms with E-state index in [4.69, 9.17) is 4.74 Å². The molecule has 1 aliphatic heterocycles. The largest absolute Gasteiger partial charge is 0.379 e. The second-order valence-corrected chi connectivity index (χ2v) is 4.04. The molecule has 0 aliphatic carbocycles. The molecule has 1 aromatic heterocycles. The maximum atomic E-state index is 5.33. The van der Waals surface area contributed by atoms with E-state index in [1.165, 1.54) is 0 Å². The van der Waals surface area contributed by atoms with Crippen LogP contribution in [0.4, 0.5) is 0 Å². The molecule has 0 spiro atoms. The van der Waals surface area contributed by atoms with Gasteiger partial charge in [0.15, 0.2) is 0 Å². The summed E-state index contributed by atoms with van der Waals surface area (Å²) in [5.74, 6) is 0. The van der Waals surface area contributed by atoms with Crippen LogP contribution >= 0.6 is 0 Å². The Morgan fingerprint density at radius 1 is 1.31 bits per heavy atom. The van der Waals surface area contributed by atoms with Gasteiger partial charge in [0.2, 0.25) is 0 Å². The van der Waals surface area contributed by atoms with Crippen molar-refractivity contribution in [3.63, 3.8) is 0 Å². The van der Waals surface area contributed by atoms with E-state index in [1.807, 2.05) is 7.05 Å². The van der Waals surface area contributed by atoms with E-state index in [0.29, 0.717) is 0 Å². The van der Waals surface area contributed by atoms with Crippen LogP contribution < -0.4 is 5.32 Å². The van der Waals surface area contributed by atoms with Crippen molar-refractivity contribution in [1.82, 2.24) is 15.2 Å². The Balaban J connectivity index is 1.94. The van der Waals surface area contributed by atoms with Crippen molar-refractivity contribution in [2.24, 2.45) is 0 Å². The fourth-order valence-electron chi connectivity index (χ4n) is 1.89. The maximum absolute atomic E-state index is 5.33. The smallest absolute Gasteiger partial charge is 0.0594 e. The highest BCUT2D eigenvalue weighted by molar-refractivity contribution is 5.11. The van der Waals surface area contributed by atoms with Gasteiger partial charge in [-0.2, -0.15) is 0 Å². The Morgan fingerprint density at radius 3 is 2.81 bits per heavy atom. The Labute approximate surface area is 96.6 Å². The Hall–Kier alpha value is -0.970. The molecule has 0 saturated carbocycles. The summed E-state index contributed by atoms with van der Waals surface area (Å²) in [6.07, 6.45) is 0. The van der Waals surface area contributed by atoms with Crippen molar-refractivity contribution in [2.75, 3.05) is 33.4 Å². The molecule has 1 N–H and O–H groups in total. The number of nitrogens with zero attached hydrogens (tertiary/aromatic N) is 2. The lowest BCUT2D eigenvalue weighted by molar-refractivity contribution is 0.0336. The lowest BCUT2D eigenvalue weighted by Crippen LogP contribution is -2.35. The molecule has 0 radical (unpaired) electrons. The van der Waals surface area contributed by atoms with Crippen LogP contribution in [0, 0.1) is 0 Å². The fourth-order valence-corrected chi connectivity index (χ4v) is 1.89. The minimum Gasteiger partial charge on any atom is -0.379 e. The average Bonchev–Trinajstić information content (AvgIpc) is 2.31. The van der Waals surface area contributed by atoms with Crippen molar-refractivity contribution >= 4 is 0 Å². The summed E-state index contributed by atoms with van der Waals surface area (Å²) < 4.78 is 5.33. The highest BCUT2D eigenvalue weighted by Gasteiger charge is 2.11. The summed E-state index contributed by atoms with van der Waals surface area (Å²) in [4.78, 5) is 7.00. The predicted molar refractivity (Wildman–Crippen MR) is 63.1 cm³/mol. The van der Waals surface area contributed by atoms with Crippen LogP contribution in [-0.2, 0) is 17.8 Å². The van der Waals surface area contributed by atoms with Crippen LogP contribution in [0.5, 0.6) is 0 Å². The number of aromatic nitrogens is 1. The molecule has 1 fully saturated rings. The van der Waals surface area contributed by atoms with E-state index in [9.17, 15) is 0 Å². The van der Waals surface area contributed by atoms with E-state index in [2.05, 4.69) is 33.4 Å². The molecule has 88 valence electrons. The molecule has 4 nitrogen and oxygen atoms in total. The molecule has 1 aliphatic rings. The van der Waals surface area contributed by atoms with Crippen LogP contribution in [-0.4, -0.2) is 43.2 Å². The predicted octanol–water partition coefficient (Wildman–Crippen LogP) is 0.633. The second-order valence-electron chi connectivity index (χ2n) is 4.04. The summed E-state index contributed by atoms with van der Waals surface area (Å²) in [5, 5.41) is 3.12. The highest BCUT2D eigenvalue weighted by atomic mass is 16.5. The zero-order valence-electron chi connectivity index (χ0n) is 9.78. The second kappa shape index (κ2) is 5.94. The lowest BCUT2D eigenvalue weighted by Gasteiger charge is -2.26. The summed E-state index contributed by atoms with van der Waals surface area (Å²) in [6, 6.07) is 6.23. The molecule has 0 unspecified atom stereocenters. The van der Waals surface area contributed by atoms with Gasteiger partial charge in [0.25, 0.3) is 0 Å². The van der Waals surface area contributed by atoms with Gasteiger partial charge in [0.1, 0.15) is 0 Å². The number of morpholine rings is 1. The van der Waals surface area contributed by atoms with Gasteiger partial charge >= 0.3 is 0 Å². The van der Waals surface area contributed by atoms with Gasteiger partial charge in [-0.15, -0.1) is 0 Å². The quantitative estimate of drug-likeness (QED) is 0.809. The molecule has 2 rings (SSSR count). The number of pyridine rings is 1. The zero-order valence-corrected chi connectivity index (χ0v) is 9.78. The number of hydrogen-bond acceptors (Lipinski definition) is 4. The molecule has 0 amide bonds. The standard InChI is InChI=1S/C12H19N3O/c1-13-9-11-3-2-4-12(14-11)10-15-5-7-16-8-6-15/h2-4,13H,5-10H2,1H3. The highest BCUT2D eigenvalue weighted by Crippen LogP contribution is 2.05. The van der Waals surface area contributed by atoms with Crippen molar-refractivity contribution < 1.29 is 4.74 Å². The third-order valence-electron chi connectivity index (χ3n) is 2.71. The molecule has 1 saturated heterocycles. The Bertz CT molecular complexity index is 324. The SMILES string of the molecule is CNCc1cccc(CN2CCOCC2)n1. The molecule has 1 aromatic rings. The van der Waals surface area contributed by atoms with Crippen molar-refractivity contribution in [3.8, 4) is 0 Å². The van der Waals surface area contributed by atoms with Crippen molar-refractivity contribution in [2.45, 2.75) is 13.1 Å². The summed E-state index contributed by atoms with van der Waals surface area (Å²) >= 11 is 0. The van der Waals surface area contributed by atoms with E-state index < -0.39 is 0 Å². The monoisotopic (exact) mass is 221 g/mol. The van der Waals surface area contributed by atoms with Crippen LogP contribution in [0.25, 0.3) is 0 Å². The number of ether oxygens (including phenoxy) is 1. The van der Waals surface area contributed by atoms with E-state index in [-0.39, 0.29) is 0 Å². The number of rotatable bonds is 4. The van der Waals surface area contributed by atoms with Crippen LogP contribution in [0.2, 0.25) is 0 Å². The third-order valence-corrected chi connectivity index (χ3v) is 2.71. The Kier molecular flexibility index (Phi) is 4.27. The molecule has 0 aromatic carbocycles. The number of hydrogen-bond donors (Lipinski definition) is 1. The number of nitrogens with one attached hydrogen (secondary N) is 1. The van der Waals surface area contributed by atoms with Gasteiger partial charge in [-0.05, 0) is 19.2 Å². The van der Waals surface area contributed by atoms with E-state index in [1.54, 1.807) is 0 Å². The molecule has 16 heavy (non-hydrogen) atoms. The van der Waals surface area contributed by atoms with Gasteiger partial charge < -0.3 is 10.1 Å².